The summed E-state index contributed by atoms with van der Waals surface area (Å²) in [7, 11) is -1.06. The summed E-state index contributed by atoms with van der Waals surface area (Å²) in [5.74, 6) is 0.692. The summed E-state index contributed by atoms with van der Waals surface area (Å²) >= 11 is 0. The fourth-order valence-electron chi connectivity index (χ4n) is 5.95. The highest BCUT2D eigenvalue weighted by molar-refractivity contribution is 6.62. The molecule has 2 N–H and O–H groups in total. The molecule has 8 heteroatoms. The van der Waals surface area contributed by atoms with E-state index in [2.05, 4.69) is 54.3 Å². The van der Waals surface area contributed by atoms with Crippen LogP contribution in [0.2, 0.25) is 0 Å². The van der Waals surface area contributed by atoms with E-state index in [9.17, 15) is 9.82 Å². The molecule has 210 valence electrons. The molecule has 1 atom stereocenters. The number of oxime groups is 1. The second-order valence-corrected chi connectivity index (χ2v) is 12.2. The summed E-state index contributed by atoms with van der Waals surface area (Å²) in [6.45, 7) is 12.4. The van der Waals surface area contributed by atoms with Gasteiger partial charge in [-0.05, 0) is 73.9 Å². The fourth-order valence-corrected chi connectivity index (χ4v) is 5.95. The van der Waals surface area contributed by atoms with Crippen LogP contribution in [0, 0.1) is 19.3 Å². The molecule has 41 heavy (non-hydrogen) atoms. The zero-order chi connectivity index (χ0) is 28.9. The smallest absolute Gasteiger partial charge is 0.440 e. The predicted molar refractivity (Wildman–Crippen MR) is 167 cm³/mol. The Bertz CT molecular complexity index is 1720. The van der Waals surface area contributed by atoms with Crippen LogP contribution in [0.3, 0.4) is 0 Å². The zero-order valence-corrected chi connectivity index (χ0v) is 24.3. The Kier molecular flexibility index (Phi) is 6.90. The highest BCUT2D eigenvalue weighted by atomic mass is 16.6. The number of hydrogen-bond acceptors (Lipinski definition) is 7. The molecule has 2 aliphatic rings. The normalized spacial score (nSPS) is 16.8. The van der Waals surface area contributed by atoms with Gasteiger partial charge in [-0.15, -0.1) is 5.16 Å². The molecule has 2 aliphatic heterocycles. The van der Waals surface area contributed by atoms with E-state index in [-0.39, 0.29) is 11.5 Å². The molecule has 0 radical (unpaired) electrons. The Morgan fingerprint density at radius 2 is 1.83 bits per heavy atom. The lowest BCUT2D eigenvalue weighted by Crippen LogP contribution is -2.38. The molecular formula is C33H36BN3O4. The van der Waals surface area contributed by atoms with Crippen molar-refractivity contribution in [2.75, 3.05) is 23.3 Å². The molecule has 1 saturated heterocycles. The molecule has 3 aromatic carbocycles. The van der Waals surface area contributed by atoms with E-state index in [4.69, 9.17) is 9.17 Å². The Labute approximate surface area is 241 Å². The maximum Gasteiger partial charge on any atom is 0.583 e. The lowest BCUT2D eigenvalue weighted by atomic mass is 9.75. The van der Waals surface area contributed by atoms with E-state index in [0.717, 1.165) is 59.4 Å². The summed E-state index contributed by atoms with van der Waals surface area (Å²) in [6, 6.07) is 17.9. The quantitative estimate of drug-likeness (QED) is 0.300. The van der Waals surface area contributed by atoms with Gasteiger partial charge in [-0.1, -0.05) is 50.2 Å². The van der Waals surface area contributed by atoms with Crippen LogP contribution in [0.1, 0.15) is 61.9 Å². The van der Waals surface area contributed by atoms with Gasteiger partial charge in [0.1, 0.15) is 5.58 Å². The van der Waals surface area contributed by atoms with Crippen molar-refractivity contribution in [2.24, 2.45) is 10.6 Å². The summed E-state index contributed by atoms with van der Waals surface area (Å²) in [5.41, 5.74) is 8.08. The van der Waals surface area contributed by atoms with E-state index < -0.39 is 7.12 Å². The van der Waals surface area contributed by atoms with Crippen molar-refractivity contribution in [2.45, 2.75) is 53.5 Å². The molecule has 1 aromatic heterocycles. The predicted octanol–water partition coefficient (Wildman–Crippen LogP) is 5.93. The Balaban J connectivity index is 1.38. The van der Waals surface area contributed by atoms with Crippen LogP contribution >= 0.6 is 0 Å². The zero-order valence-electron chi connectivity index (χ0n) is 24.3. The first-order chi connectivity index (χ1) is 19.6. The third-order valence-electron chi connectivity index (χ3n) is 8.55. The third kappa shape index (κ3) is 5.13. The number of fused-ring (bicyclic) bond motifs is 2. The van der Waals surface area contributed by atoms with Crippen molar-refractivity contribution in [3.63, 3.8) is 0 Å². The molecule has 0 saturated carbocycles. The van der Waals surface area contributed by atoms with Gasteiger partial charge in [0.2, 0.25) is 5.88 Å². The Morgan fingerprint density at radius 3 is 2.61 bits per heavy atom. The highest BCUT2D eigenvalue weighted by Crippen LogP contribution is 2.37. The van der Waals surface area contributed by atoms with E-state index in [0.29, 0.717) is 33.3 Å². The van der Waals surface area contributed by atoms with E-state index >= 15 is 0 Å². The maximum absolute atomic E-state index is 13.6. The van der Waals surface area contributed by atoms with Crippen LogP contribution in [0.25, 0.3) is 22.1 Å². The number of anilines is 2. The third-order valence-corrected chi connectivity index (χ3v) is 8.55. The average Bonchev–Trinajstić information content (AvgIpc) is 2.95. The van der Waals surface area contributed by atoms with E-state index in [1.807, 2.05) is 50.2 Å². The minimum absolute atomic E-state index is 0.0329. The second-order valence-electron chi connectivity index (χ2n) is 12.2. The molecule has 0 bridgehead atoms. The van der Waals surface area contributed by atoms with Crippen LogP contribution in [-0.2, 0) is 4.76 Å². The molecular weight excluding hydrogens is 513 g/mol. The largest absolute Gasteiger partial charge is 0.583 e. The minimum Gasteiger partial charge on any atom is -0.440 e. The van der Waals surface area contributed by atoms with Crippen molar-refractivity contribution < 1.29 is 14.2 Å². The van der Waals surface area contributed by atoms with Gasteiger partial charge >= 0.3 is 7.12 Å². The van der Waals surface area contributed by atoms with Crippen LogP contribution in [-0.4, -0.2) is 31.4 Å². The van der Waals surface area contributed by atoms with Gasteiger partial charge in [-0.3, -0.25) is 4.79 Å². The van der Waals surface area contributed by atoms with Crippen LogP contribution in [0.5, 0.6) is 0 Å². The van der Waals surface area contributed by atoms with Crippen molar-refractivity contribution in [1.82, 2.24) is 0 Å². The fraction of sp³-hybridized carbons (Fsp3) is 0.333. The molecule has 0 aliphatic carbocycles. The van der Waals surface area contributed by atoms with Gasteiger partial charge in [-0.2, -0.15) is 0 Å². The monoisotopic (exact) mass is 549 g/mol. The maximum atomic E-state index is 13.6. The van der Waals surface area contributed by atoms with Crippen molar-refractivity contribution in [1.29, 1.82) is 0 Å². The van der Waals surface area contributed by atoms with Gasteiger partial charge in [-0.25, -0.2) is 0 Å². The van der Waals surface area contributed by atoms with Crippen LogP contribution < -0.4 is 21.1 Å². The standard InChI is InChI=1S/C33H36BN3O4/c1-20-16-26(31-27(17-20)30(38)21(2)32(40-31)37-14-12-33(4,5)13-15-37)22(3)36-29-9-7-6-8-25(29)23-10-11-28-24(18-23)19-35-41-34(28)39/h6-11,16-19,22,36,39H,12-15H2,1-5H3/t22-/m0/s1. The first kappa shape index (κ1) is 27.2. The van der Waals surface area contributed by atoms with Crippen molar-refractivity contribution in [3.05, 3.63) is 87.1 Å². The summed E-state index contributed by atoms with van der Waals surface area (Å²) < 4.78 is 11.6. The van der Waals surface area contributed by atoms with Gasteiger partial charge < -0.3 is 24.4 Å². The van der Waals surface area contributed by atoms with Gasteiger partial charge in [0.15, 0.2) is 5.43 Å². The summed E-state index contributed by atoms with van der Waals surface area (Å²) in [6.07, 6.45) is 3.74. The number of nitrogens with one attached hydrogen (secondary N) is 1. The number of aryl methyl sites for hydroxylation is 1. The molecule has 0 unspecified atom stereocenters. The molecule has 0 spiro atoms. The second kappa shape index (κ2) is 10.4. The number of nitrogens with zero attached hydrogens (tertiary/aromatic N) is 2. The van der Waals surface area contributed by atoms with Gasteiger partial charge in [0, 0.05) is 35.4 Å². The molecule has 0 amide bonds. The number of benzene rings is 3. The average molecular weight is 549 g/mol. The lowest BCUT2D eigenvalue weighted by molar-refractivity contribution is 0.274. The molecule has 7 nitrogen and oxygen atoms in total. The highest BCUT2D eigenvalue weighted by Gasteiger charge is 2.29. The topological polar surface area (TPSA) is 87.3 Å². The first-order valence-corrected chi connectivity index (χ1v) is 14.3. The summed E-state index contributed by atoms with van der Waals surface area (Å²) in [5, 5.41) is 18.2. The summed E-state index contributed by atoms with van der Waals surface area (Å²) in [4.78, 5) is 15.9. The lowest BCUT2D eigenvalue weighted by Gasteiger charge is -2.37. The van der Waals surface area contributed by atoms with Gasteiger partial charge in [0.05, 0.1) is 23.2 Å². The number of piperidine rings is 1. The molecule has 1 fully saturated rings. The molecule has 6 rings (SSSR count). The van der Waals surface area contributed by atoms with E-state index in [1.54, 1.807) is 6.21 Å². The Morgan fingerprint density at radius 1 is 1.07 bits per heavy atom. The minimum atomic E-state index is -1.06. The number of para-hydroxylation sites is 1. The molecule has 3 heterocycles. The van der Waals surface area contributed by atoms with Crippen molar-refractivity contribution >= 4 is 41.3 Å². The Hall–Kier alpha value is -4.04. The SMILES string of the molecule is Cc1cc([C@H](C)Nc2ccccc2-c2ccc3c(c2)C=NOB3O)c2oc(N3CCC(C)(C)CC3)c(C)c(=O)c2c1. The van der Waals surface area contributed by atoms with Crippen LogP contribution in [0.4, 0.5) is 11.6 Å². The first-order valence-electron chi connectivity index (χ1n) is 14.3. The molecule has 4 aromatic rings. The van der Waals surface area contributed by atoms with E-state index in [1.165, 1.54) is 0 Å². The number of hydrogen-bond donors (Lipinski definition) is 2. The number of rotatable bonds is 5. The van der Waals surface area contributed by atoms with Gasteiger partial charge in [0.25, 0.3) is 0 Å². The van der Waals surface area contributed by atoms with Crippen LogP contribution in [0.15, 0.2) is 69.0 Å². The van der Waals surface area contributed by atoms with Crippen molar-refractivity contribution in [3.8, 4) is 11.1 Å².